The van der Waals surface area contributed by atoms with Crippen LogP contribution in [0.1, 0.15) is 101 Å². The van der Waals surface area contributed by atoms with Gasteiger partial charge in [0.2, 0.25) is 0 Å². The van der Waals surface area contributed by atoms with Crippen molar-refractivity contribution in [1.29, 1.82) is 0 Å². The second kappa shape index (κ2) is 14.7. The standard InChI is InChI=1S/C23H30O3.C10H14O/c1-3-18(20-7-11-21(24)12-8-20)16-17(2)19-9-13-22(14-10-19)26-23-6-4-5-15-25-23;1-3-8(2)9-4-6-10(11)7-5-9/h7-14,17-18,23-24H,3-6,15-16H2,1-2H3;4-8,11H,3H2,1-2H3. The summed E-state index contributed by atoms with van der Waals surface area (Å²) in [6, 6.07) is 23.5. The molecule has 2 N–H and O–H groups in total. The maximum atomic E-state index is 9.49. The number of aromatic hydroxyl groups is 2. The summed E-state index contributed by atoms with van der Waals surface area (Å²) >= 11 is 0. The van der Waals surface area contributed by atoms with Gasteiger partial charge >= 0.3 is 0 Å². The highest BCUT2D eigenvalue weighted by Gasteiger charge is 2.17. The van der Waals surface area contributed by atoms with Crippen LogP contribution in [-0.2, 0) is 4.74 Å². The lowest BCUT2D eigenvalue weighted by atomic mass is 9.84. The Morgan fingerprint density at radius 1 is 0.730 bits per heavy atom. The smallest absolute Gasteiger partial charge is 0.199 e. The minimum absolute atomic E-state index is 0.0917. The van der Waals surface area contributed by atoms with Gasteiger partial charge in [-0.05, 0) is 103 Å². The van der Waals surface area contributed by atoms with Crippen molar-refractivity contribution in [1.82, 2.24) is 0 Å². The molecule has 4 nitrogen and oxygen atoms in total. The summed E-state index contributed by atoms with van der Waals surface area (Å²) < 4.78 is 11.6. The van der Waals surface area contributed by atoms with Gasteiger partial charge in [0.05, 0.1) is 6.61 Å². The molecular formula is C33H44O4. The van der Waals surface area contributed by atoms with Gasteiger partial charge in [0.15, 0.2) is 6.29 Å². The summed E-state index contributed by atoms with van der Waals surface area (Å²) in [6.07, 6.45) is 6.52. The van der Waals surface area contributed by atoms with Gasteiger partial charge in [0.1, 0.15) is 17.2 Å². The van der Waals surface area contributed by atoms with E-state index in [2.05, 4.69) is 52.0 Å². The third-order valence-corrected chi connectivity index (χ3v) is 7.42. The van der Waals surface area contributed by atoms with Crippen LogP contribution in [0.25, 0.3) is 0 Å². The van der Waals surface area contributed by atoms with Crippen LogP contribution in [0.5, 0.6) is 17.2 Å². The summed E-state index contributed by atoms with van der Waals surface area (Å²) in [6.45, 7) is 9.66. The van der Waals surface area contributed by atoms with Crippen molar-refractivity contribution >= 4 is 0 Å². The van der Waals surface area contributed by atoms with E-state index in [0.29, 0.717) is 29.3 Å². The normalized spacial score (nSPS) is 17.7. The fraction of sp³-hybridized carbons (Fsp3) is 0.455. The molecule has 4 rings (SSSR count). The van der Waals surface area contributed by atoms with E-state index >= 15 is 0 Å². The van der Waals surface area contributed by atoms with Crippen molar-refractivity contribution in [3.8, 4) is 17.2 Å². The van der Waals surface area contributed by atoms with Crippen molar-refractivity contribution in [3.05, 3.63) is 89.5 Å². The Kier molecular flexibility index (Phi) is 11.3. The third-order valence-electron chi connectivity index (χ3n) is 7.42. The first-order chi connectivity index (χ1) is 17.9. The predicted octanol–water partition coefficient (Wildman–Crippen LogP) is 8.89. The van der Waals surface area contributed by atoms with Crippen molar-refractivity contribution in [2.45, 2.75) is 90.3 Å². The Morgan fingerprint density at radius 2 is 1.27 bits per heavy atom. The Balaban J connectivity index is 0.000000289. The first-order valence-electron chi connectivity index (χ1n) is 13.9. The molecule has 0 amide bonds. The van der Waals surface area contributed by atoms with Crippen LogP contribution in [0.15, 0.2) is 72.8 Å². The summed E-state index contributed by atoms with van der Waals surface area (Å²) in [4.78, 5) is 0. The van der Waals surface area contributed by atoms with Gasteiger partial charge in [-0.3, -0.25) is 0 Å². The van der Waals surface area contributed by atoms with E-state index in [9.17, 15) is 5.11 Å². The van der Waals surface area contributed by atoms with Crippen molar-refractivity contribution in [3.63, 3.8) is 0 Å². The molecule has 37 heavy (non-hydrogen) atoms. The van der Waals surface area contributed by atoms with Crippen molar-refractivity contribution in [2.24, 2.45) is 0 Å². The predicted molar refractivity (Wildman–Crippen MR) is 152 cm³/mol. The lowest BCUT2D eigenvalue weighted by Crippen LogP contribution is -2.24. The van der Waals surface area contributed by atoms with Gasteiger partial charge in [-0.1, -0.05) is 64.1 Å². The average Bonchev–Trinajstić information content (AvgIpc) is 2.93. The van der Waals surface area contributed by atoms with Gasteiger partial charge in [-0.2, -0.15) is 0 Å². The Morgan fingerprint density at radius 3 is 1.78 bits per heavy atom. The molecule has 1 heterocycles. The lowest BCUT2D eigenvalue weighted by molar-refractivity contribution is -0.105. The fourth-order valence-electron chi connectivity index (χ4n) is 4.72. The van der Waals surface area contributed by atoms with Crippen molar-refractivity contribution in [2.75, 3.05) is 6.61 Å². The molecule has 3 aromatic rings. The van der Waals surface area contributed by atoms with Gasteiger partial charge in [0.25, 0.3) is 0 Å². The third kappa shape index (κ3) is 9.12. The molecule has 0 bridgehead atoms. The molecule has 0 radical (unpaired) electrons. The zero-order valence-corrected chi connectivity index (χ0v) is 22.9. The number of hydrogen-bond donors (Lipinski definition) is 2. The number of hydrogen-bond acceptors (Lipinski definition) is 4. The largest absolute Gasteiger partial charge is 0.508 e. The number of rotatable bonds is 9. The highest BCUT2D eigenvalue weighted by atomic mass is 16.7. The summed E-state index contributed by atoms with van der Waals surface area (Å²) in [5.41, 5.74) is 3.93. The highest BCUT2D eigenvalue weighted by molar-refractivity contribution is 5.32. The molecule has 4 heteroatoms. The lowest BCUT2D eigenvalue weighted by Gasteiger charge is -2.24. The van der Waals surface area contributed by atoms with Gasteiger partial charge in [-0.15, -0.1) is 0 Å². The molecule has 200 valence electrons. The Labute approximate surface area is 223 Å². The Hall–Kier alpha value is -2.98. The quantitative estimate of drug-likeness (QED) is 0.305. The zero-order valence-electron chi connectivity index (χ0n) is 22.9. The van der Waals surface area contributed by atoms with Gasteiger partial charge < -0.3 is 19.7 Å². The maximum absolute atomic E-state index is 9.49. The van der Waals surface area contributed by atoms with E-state index in [1.165, 1.54) is 23.1 Å². The van der Waals surface area contributed by atoms with E-state index in [4.69, 9.17) is 14.6 Å². The molecule has 1 saturated heterocycles. The number of phenols is 2. The SMILES string of the molecule is CCC(C)c1ccc(O)cc1.CCC(CC(C)c1ccc(OC2CCCCO2)cc1)c1ccc(O)cc1. The van der Waals surface area contributed by atoms with Gasteiger partial charge in [0, 0.05) is 6.42 Å². The first kappa shape index (κ1) is 28.6. The van der Waals surface area contributed by atoms with E-state index in [1.54, 1.807) is 24.3 Å². The van der Waals surface area contributed by atoms with E-state index in [1.807, 2.05) is 24.3 Å². The molecule has 0 spiro atoms. The molecule has 1 fully saturated rings. The molecule has 1 aliphatic heterocycles. The molecule has 0 aliphatic carbocycles. The monoisotopic (exact) mass is 504 g/mol. The summed E-state index contributed by atoms with van der Waals surface area (Å²) in [7, 11) is 0. The number of ether oxygens (including phenoxy) is 2. The second-order valence-corrected chi connectivity index (χ2v) is 10.2. The van der Waals surface area contributed by atoms with E-state index in [0.717, 1.165) is 44.5 Å². The molecule has 0 saturated carbocycles. The van der Waals surface area contributed by atoms with Crippen LogP contribution in [-0.4, -0.2) is 23.1 Å². The molecule has 4 atom stereocenters. The molecular weight excluding hydrogens is 460 g/mol. The summed E-state index contributed by atoms with van der Waals surface area (Å²) in [5, 5.41) is 18.5. The number of phenolic OH excluding ortho intramolecular Hbond substituents is 2. The van der Waals surface area contributed by atoms with Crippen LogP contribution in [0.3, 0.4) is 0 Å². The van der Waals surface area contributed by atoms with Crippen molar-refractivity contribution < 1.29 is 19.7 Å². The zero-order chi connectivity index (χ0) is 26.6. The van der Waals surface area contributed by atoms with E-state index in [-0.39, 0.29) is 6.29 Å². The average molecular weight is 505 g/mol. The minimum Gasteiger partial charge on any atom is -0.508 e. The van der Waals surface area contributed by atoms with Crippen LogP contribution in [0, 0.1) is 0 Å². The Bertz CT molecular complexity index is 1020. The topological polar surface area (TPSA) is 58.9 Å². The molecule has 1 aliphatic rings. The van der Waals surface area contributed by atoms with Crippen LogP contribution in [0.2, 0.25) is 0 Å². The molecule has 0 aromatic heterocycles. The fourth-order valence-corrected chi connectivity index (χ4v) is 4.72. The van der Waals surface area contributed by atoms with Crippen LogP contribution < -0.4 is 4.74 Å². The number of benzene rings is 3. The van der Waals surface area contributed by atoms with Crippen LogP contribution >= 0.6 is 0 Å². The summed E-state index contributed by atoms with van der Waals surface area (Å²) in [5.74, 6) is 3.12. The first-order valence-corrected chi connectivity index (χ1v) is 13.9. The minimum atomic E-state index is -0.0917. The highest BCUT2D eigenvalue weighted by Crippen LogP contribution is 2.33. The maximum Gasteiger partial charge on any atom is 0.199 e. The molecule has 3 aromatic carbocycles. The molecule has 4 unspecified atom stereocenters. The van der Waals surface area contributed by atoms with Crippen LogP contribution in [0.4, 0.5) is 0 Å². The second-order valence-electron chi connectivity index (χ2n) is 10.2. The van der Waals surface area contributed by atoms with Gasteiger partial charge in [-0.25, -0.2) is 0 Å². The van der Waals surface area contributed by atoms with E-state index < -0.39 is 0 Å².